The van der Waals surface area contributed by atoms with Crippen molar-refractivity contribution in [2.75, 3.05) is 0 Å². The van der Waals surface area contributed by atoms with Gasteiger partial charge in [-0.15, -0.1) is 0 Å². The first-order valence-electron chi connectivity index (χ1n) is 6.76. The molecule has 0 aliphatic heterocycles. The summed E-state index contributed by atoms with van der Waals surface area (Å²) in [7, 11) is 0. The van der Waals surface area contributed by atoms with Gasteiger partial charge in [-0.25, -0.2) is 0 Å². The molecule has 3 heteroatoms. The van der Waals surface area contributed by atoms with E-state index in [4.69, 9.17) is 15.9 Å². The molecule has 0 aliphatic rings. The number of hydrogen-bond donors (Lipinski definition) is 2. The maximum atomic E-state index is 7.43. The van der Waals surface area contributed by atoms with E-state index in [9.17, 15) is 0 Å². The highest BCUT2D eigenvalue weighted by Crippen LogP contribution is 2.17. The van der Waals surface area contributed by atoms with Crippen molar-refractivity contribution >= 4 is 5.84 Å². The van der Waals surface area contributed by atoms with Gasteiger partial charge < -0.3 is 10.5 Å². The van der Waals surface area contributed by atoms with Gasteiger partial charge in [0.1, 0.15) is 18.2 Å². The van der Waals surface area contributed by atoms with Crippen LogP contribution in [0.4, 0.5) is 0 Å². The van der Waals surface area contributed by atoms with Crippen LogP contribution in [0.2, 0.25) is 0 Å². The van der Waals surface area contributed by atoms with E-state index in [2.05, 4.69) is 19.1 Å². The lowest BCUT2D eigenvalue weighted by atomic mass is 10.1. The van der Waals surface area contributed by atoms with Gasteiger partial charge >= 0.3 is 0 Å². The topological polar surface area (TPSA) is 59.1 Å². The minimum absolute atomic E-state index is 0.0937. The Bertz CT molecular complexity index is 620. The lowest BCUT2D eigenvalue weighted by Gasteiger charge is -2.11. The fourth-order valence-electron chi connectivity index (χ4n) is 2.04. The van der Waals surface area contributed by atoms with Crippen molar-refractivity contribution in [3.8, 4) is 5.75 Å². The van der Waals surface area contributed by atoms with Crippen LogP contribution in [0, 0.1) is 12.3 Å². The SMILES string of the molecule is CCc1cccc(OCc2ccc(C(=N)N)cc2C)c1. The number of nitrogens with two attached hydrogens (primary N) is 1. The molecule has 0 saturated heterocycles. The Kier molecular flexibility index (Phi) is 4.41. The van der Waals surface area contributed by atoms with Crippen LogP contribution in [0.15, 0.2) is 42.5 Å². The monoisotopic (exact) mass is 268 g/mol. The second kappa shape index (κ2) is 6.24. The molecule has 0 spiro atoms. The third-order valence-corrected chi connectivity index (χ3v) is 3.35. The highest BCUT2D eigenvalue weighted by molar-refractivity contribution is 5.95. The van der Waals surface area contributed by atoms with E-state index in [-0.39, 0.29) is 5.84 Å². The molecule has 2 rings (SSSR count). The van der Waals surface area contributed by atoms with Gasteiger partial charge in [-0.2, -0.15) is 0 Å². The van der Waals surface area contributed by atoms with Gasteiger partial charge in [-0.05, 0) is 48.2 Å². The van der Waals surface area contributed by atoms with Crippen LogP contribution >= 0.6 is 0 Å². The summed E-state index contributed by atoms with van der Waals surface area (Å²) in [5, 5.41) is 7.43. The second-order valence-corrected chi connectivity index (χ2v) is 4.84. The first-order valence-corrected chi connectivity index (χ1v) is 6.76. The predicted molar refractivity (Wildman–Crippen MR) is 82.3 cm³/mol. The normalized spacial score (nSPS) is 10.3. The van der Waals surface area contributed by atoms with Gasteiger partial charge in [0.2, 0.25) is 0 Å². The Morgan fingerprint density at radius 3 is 2.65 bits per heavy atom. The molecule has 0 bridgehead atoms. The third kappa shape index (κ3) is 3.38. The zero-order valence-electron chi connectivity index (χ0n) is 11.9. The van der Waals surface area contributed by atoms with E-state index >= 15 is 0 Å². The molecule has 0 fully saturated rings. The summed E-state index contributed by atoms with van der Waals surface area (Å²) >= 11 is 0. The number of hydrogen-bond acceptors (Lipinski definition) is 2. The first kappa shape index (κ1) is 14.1. The fraction of sp³-hybridized carbons (Fsp3) is 0.235. The molecule has 3 nitrogen and oxygen atoms in total. The largest absolute Gasteiger partial charge is 0.489 e. The van der Waals surface area contributed by atoms with Crippen molar-refractivity contribution in [2.45, 2.75) is 26.9 Å². The Morgan fingerprint density at radius 1 is 1.20 bits per heavy atom. The van der Waals surface area contributed by atoms with Gasteiger partial charge in [0.15, 0.2) is 0 Å². The molecular formula is C17H20N2O. The van der Waals surface area contributed by atoms with Crippen LogP contribution in [-0.2, 0) is 13.0 Å². The average molecular weight is 268 g/mol. The highest BCUT2D eigenvalue weighted by atomic mass is 16.5. The standard InChI is InChI=1S/C17H20N2O/c1-3-13-5-4-6-16(10-13)20-11-15-8-7-14(17(18)19)9-12(15)2/h4-10H,3,11H2,1-2H3,(H3,18,19). The van der Waals surface area contributed by atoms with Crippen LogP contribution in [0.1, 0.15) is 29.2 Å². The molecule has 0 amide bonds. The molecule has 2 aromatic rings. The molecule has 0 aromatic heterocycles. The molecule has 0 saturated carbocycles. The summed E-state index contributed by atoms with van der Waals surface area (Å²) in [6.07, 6.45) is 1.00. The molecule has 0 unspecified atom stereocenters. The molecule has 20 heavy (non-hydrogen) atoms. The summed E-state index contributed by atoms with van der Waals surface area (Å²) in [5.74, 6) is 0.982. The molecule has 3 N–H and O–H groups in total. The van der Waals surface area contributed by atoms with Gasteiger partial charge in [-0.1, -0.05) is 31.2 Å². The highest BCUT2D eigenvalue weighted by Gasteiger charge is 2.03. The van der Waals surface area contributed by atoms with Crippen molar-refractivity contribution in [1.29, 1.82) is 5.41 Å². The number of rotatable bonds is 5. The smallest absolute Gasteiger partial charge is 0.122 e. The Balaban J connectivity index is 2.08. The van der Waals surface area contributed by atoms with Gasteiger partial charge in [0, 0.05) is 5.56 Å². The fourth-order valence-corrected chi connectivity index (χ4v) is 2.04. The summed E-state index contributed by atoms with van der Waals surface area (Å²) in [5.41, 5.74) is 9.70. The summed E-state index contributed by atoms with van der Waals surface area (Å²) < 4.78 is 5.83. The lowest BCUT2D eigenvalue weighted by molar-refractivity contribution is 0.305. The summed E-state index contributed by atoms with van der Waals surface area (Å²) in [6.45, 7) is 4.66. The van der Waals surface area contributed by atoms with Crippen LogP contribution in [-0.4, -0.2) is 5.84 Å². The minimum Gasteiger partial charge on any atom is -0.489 e. The van der Waals surface area contributed by atoms with Crippen molar-refractivity contribution < 1.29 is 4.74 Å². The predicted octanol–water partition coefficient (Wildman–Crippen LogP) is 3.42. The van der Waals surface area contributed by atoms with Gasteiger partial charge in [0.05, 0.1) is 0 Å². The van der Waals surface area contributed by atoms with Gasteiger partial charge in [0.25, 0.3) is 0 Å². The molecular weight excluding hydrogens is 248 g/mol. The number of nitrogens with one attached hydrogen (secondary N) is 1. The van der Waals surface area contributed by atoms with Crippen LogP contribution in [0.3, 0.4) is 0 Å². The van der Waals surface area contributed by atoms with Crippen molar-refractivity contribution in [3.63, 3.8) is 0 Å². The number of amidine groups is 1. The zero-order valence-corrected chi connectivity index (χ0v) is 11.9. The average Bonchev–Trinajstić information content (AvgIpc) is 2.46. The van der Waals surface area contributed by atoms with Crippen LogP contribution < -0.4 is 10.5 Å². The number of nitrogen functional groups attached to an aromatic ring is 1. The van der Waals surface area contributed by atoms with E-state index in [1.165, 1.54) is 5.56 Å². The molecule has 2 aromatic carbocycles. The van der Waals surface area contributed by atoms with Crippen LogP contribution in [0.5, 0.6) is 5.75 Å². The Labute approximate surface area is 119 Å². The van der Waals surface area contributed by atoms with Crippen molar-refractivity contribution in [1.82, 2.24) is 0 Å². The Hall–Kier alpha value is -2.29. The zero-order chi connectivity index (χ0) is 14.5. The number of aryl methyl sites for hydroxylation is 2. The van der Waals surface area contributed by atoms with E-state index in [0.29, 0.717) is 6.61 Å². The van der Waals surface area contributed by atoms with E-state index in [1.54, 1.807) is 0 Å². The molecule has 104 valence electrons. The summed E-state index contributed by atoms with van der Waals surface area (Å²) in [6, 6.07) is 13.9. The molecule has 0 atom stereocenters. The number of ether oxygens (including phenoxy) is 1. The first-order chi connectivity index (χ1) is 9.60. The number of benzene rings is 2. The minimum atomic E-state index is 0.0937. The molecule has 0 radical (unpaired) electrons. The third-order valence-electron chi connectivity index (χ3n) is 3.35. The molecule has 0 aliphatic carbocycles. The van der Waals surface area contributed by atoms with E-state index in [0.717, 1.165) is 28.9 Å². The maximum Gasteiger partial charge on any atom is 0.122 e. The molecule has 0 heterocycles. The van der Waals surface area contributed by atoms with E-state index in [1.807, 2.05) is 37.3 Å². The van der Waals surface area contributed by atoms with Gasteiger partial charge in [-0.3, -0.25) is 5.41 Å². The van der Waals surface area contributed by atoms with E-state index < -0.39 is 0 Å². The Morgan fingerprint density at radius 2 is 2.00 bits per heavy atom. The lowest BCUT2D eigenvalue weighted by Crippen LogP contribution is -2.11. The van der Waals surface area contributed by atoms with Crippen molar-refractivity contribution in [2.24, 2.45) is 5.73 Å². The quantitative estimate of drug-likeness (QED) is 0.645. The summed E-state index contributed by atoms with van der Waals surface area (Å²) in [4.78, 5) is 0. The second-order valence-electron chi connectivity index (χ2n) is 4.84. The van der Waals surface area contributed by atoms with Crippen LogP contribution in [0.25, 0.3) is 0 Å². The van der Waals surface area contributed by atoms with Crippen molar-refractivity contribution in [3.05, 3.63) is 64.7 Å². The maximum absolute atomic E-state index is 7.43.